The van der Waals surface area contributed by atoms with Crippen molar-refractivity contribution in [3.63, 3.8) is 0 Å². The Morgan fingerprint density at radius 1 is 1.28 bits per heavy atom. The normalized spacial score (nSPS) is 18.9. The molecule has 4 rings (SSSR count). The molecule has 2 aromatic rings. The van der Waals surface area contributed by atoms with Crippen molar-refractivity contribution in [1.29, 1.82) is 0 Å². The smallest absolute Gasteiger partial charge is 0.242 e. The number of rotatable bonds is 4. The molecule has 0 bridgehead atoms. The number of halogens is 2. The summed E-state index contributed by atoms with van der Waals surface area (Å²) in [5.41, 5.74) is 2.54. The molecule has 1 aromatic carbocycles. The predicted octanol–water partition coefficient (Wildman–Crippen LogP) is 3.00. The van der Waals surface area contributed by atoms with Gasteiger partial charge in [0.1, 0.15) is 29.8 Å². The topological polar surface area (TPSA) is 54.9 Å². The lowest BCUT2D eigenvalue weighted by atomic mass is 10.0. The number of fused-ring (bicyclic) bond motifs is 1. The number of benzene rings is 1. The van der Waals surface area contributed by atoms with Crippen LogP contribution in [-0.4, -0.2) is 55.7 Å². The van der Waals surface area contributed by atoms with Crippen molar-refractivity contribution < 1.29 is 18.7 Å². The fraction of sp³-hybridized carbons (Fsp3) is 0.429. The van der Waals surface area contributed by atoms with E-state index < -0.39 is 0 Å². The number of pyridine rings is 1. The van der Waals surface area contributed by atoms with Crippen LogP contribution in [0.15, 0.2) is 30.3 Å². The van der Waals surface area contributed by atoms with Gasteiger partial charge >= 0.3 is 0 Å². The van der Waals surface area contributed by atoms with Gasteiger partial charge in [-0.2, -0.15) is 4.98 Å². The van der Waals surface area contributed by atoms with E-state index in [4.69, 9.17) is 26.1 Å². The summed E-state index contributed by atoms with van der Waals surface area (Å²) in [7, 11) is 0. The van der Waals surface area contributed by atoms with Crippen molar-refractivity contribution in [2.24, 2.45) is 0 Å². The highest BCUT2D eigenvalue weighted by Crippen LogP contribution is 2.38. The second kappa shape index (κ2) is 8.55. The standard InChI is InChI=1S/C21H23ClFN3O3/c1-14-13-29-21-18(26(14)19(27)12-22)11-16(10-15-2-4-17(23)5-3-15)20(24-21)25-6-8-28-9-7-25/h2-5,11,14H,6-10,12-13H2,1H3/t14-/m0/s1. The van der Waals surface area contributed by atoms with Crippen molar-refractivity contribution in [1.82, 2.24) is 4.98 Å². The number of amides is 1. The van der Waals surface area contributed by atoms with Crippen molar-refractivity contribution >= 4 is 29.0 Å². The summed E-state index contributed by atoms with van der Waals surface area (Å²) < 4.78 is 24.7. The first-order chi connectivity index (χ1) is 14.1. The number of carbonyl (C=O) groups excluding carboxylic acids is 1. The molecule has 29 heavy (non-hydrogen) atoms. The van der Waals surface area contributed by atoms with Crippen molar-refractivity contribution in [3.8, 4) is 5.88 Å². The van der Waals surface area contributed by atoms with E-state index in [0.29, 0.717) is 37.8 Å². The summed E-state index contributed by atoms with van der Waals surface area (Å²) in [5, 5.41) is 0. The third-order valence-corrected chi connectivity index (χ3v) is 5.42. The highest BCUT2D eigenvalue weighted by molar-refractivity contribution is 6.29. The molecule has 2 aliphatic heterocycles. The van der Waals surface area contributed by atoms with Crippen LogP contribution in [0.3, 0.4) is 0 Å². The lowest BCUT2D eigenvalue weighted by molar-refractivity contribution is -0.117. The molecule has 1 fully saturated rings. The highest BCUT2D eigenvalue weighted by atomic mass is 35.5. The van der Waals surface area contributed by atoms with E-state index in [9.17, 15) is 9.18 Å². The average molecular weight is 420 g/mol. The molecule has 3 heterocycles. The number of aromatic nitrogens is 1. The molecule has 1 amide bonds. The number of anilines is 2. The third kappa shape index (κ3) is 4.16. The zero-order chi connectivity index (χ0) is 20.4. The van der Waals surface area contributed by atoms with Crippen molar-refractivity contribution in [3.05, 3.63) is 47.3 Å². The number of alkyl halides is 1. The van der Waals surface area contributed by atoms with Gasteiger partial charge in [-0.25, -0.2) is 4.39 Å². The van der Waals surface area contributed by atoms with E-state index in [1.807, 2.05) is 13.0 Å². The van der Waals surface area contributed by atoms with Crippen LogP contribution in [0.1, 0.15) is 18.1 Å². The molecule has 0 aliphatic carbocycles. The lowest BCUT2D eigenvalue weighted by Crippen LogP contribution is -2.46. The van der Waals surface area contributed by atoms with Crippen LogP contribution in [0.2, 0.25) is 0 Å². The SMILES string of the molecule is C[C@H]1COc2nc(N3CCOCC3)c(Cc3ccc(F)cc3)cc2N1C(=O)CCl. The van der Waals surface area contributed by atoms with Crippen LogP contribution < -0.4 is 14.5 Å². The molecule has 0 unspecified atom stereocenters. The Hall–Kier alpha value is -2.38. The van der Waals surface area contributed by atoms with Crippen LogP contribution in [-0.2, 0) is 16.0 Å². The number of hydrogen-bond donors (Lipinski definition) is 0. The maximum Gasteiger partial charge on any atom is 0.242 e. The Kier molecular flexibility index (Phi) is 5.87. The molecule has 8 heteroatoms. The fourth-order valence-electron chi connectivity index (χ4n) is 3.75. The minimum absolute atomic E-state index is 0.109. The van der Waals surface area contributed by atoms with Gasteiger partial charge in [-0.15, -0.1) is 11.6 Å². The minimum atomic E-state index is -0.271. The van der Waals surface area contributed by atoms with Crippen LogP contribution in [0.5, 0.6) is 5.88 Å². The van der Waals surface area contributed by atoms with Crippen molar-refractivity contribution in [2.45, 2.75) is 19.4 Å². The summed E-state index contributed by atoms with van der Waals surface area (Å²) in [6.45, 7) is 4.99. The Morgan fingerprint density at radius 2 is 2.00 bits per heavy atom. The lowest BCUT2D eigenvalue weighted by Gasteiger charge is -2.36. The summed E-state index contributed by atoms with van der Waals surface area (Å²) >= 11 is 5.84. The Bertz CT molecular complexity index is 887. The second-order valence-corrected chi connectivity index (χ2v) is 7.52. The third-order valence-electron chi connectivity index (χ3n) is 5.19. The van der Waals surface area contributed by atoms with Gasteiger partial charge in [0.15, 0.2) is 0 Å². The van der Waals surface area contributed by atoms with E-state index in [0.717, 1.165) is 30.0 Å². The maximum absolute atomic E-state index is 13.3. The van der Waals surface area contributed by atoms with Crippen LogP contribution in [0, 0.1) is 5.82 Å². The Balaban J connectivity index is 1.78. The Morgan fingerprint density at radius 3 is 2.69 bits per heavy atom. The molecule has 0 N–H and O–H groups in total. The van der Waals surface area contributed by atoms with Gasteiger partial charge in [-0.05, 0) is 30.7 Å². The molecule has 1 saturated heterocycles. The van der Waals surface area contributed by atoms with Crippen LogP contribution >= 0.6 is 11.6 Å². The zero-order valence-corrected chi connectivity index (χ0v) is 17.0. The molecule has 0 spiro atoms. The summed E-state index contributed by atoms with van der Waals surface area (Å²) in [6.07, 6.45) is 0.560. The molecular formula is C21H23ClFN3O3. The van der Waals surface area contributed by atoms with E-state index in [2.05, 4.69) is 4.90 Å². The van der Waals surface area contributed by atoms with Gasteiger partial charge in [-0.3, -0.25) is 4.79 Å². The van der Waals surface area contributed by atoms with E-state index in [1.165, 1.54) is 12.1 Å². The Labute approximate surface area is 174 Å². The molecule has 0 radical (unpaired) electrons. The number of carbonyl (C=O) groups is 1. The quantitative estimate of drug-likeness (QED) is 0.713. The van der Waals surface area contributed by atoms with E-state index in [1.54, 1.807) is 17.0 Å². The minimum Gasteiger partial charge on any atom is -0.474 e. The maximum atomic E-state index is 13.3. The summed E-state index contributed by atoms with van der Waals surface area (Å²) in [5.74, 6) is 0.682. The molecule has 154 valence electrons. The fourth-order valence-corrected chi connectivity index (χ4v) is 3.88. The van der Waals surface area contributed by atoms with Gasteiger partial charge in [0, 0.05) is 25.1 Å². The van der Waals surface area contributed by atoms with E-state index in [-0.39, 0.29) is 23.6 Å². The summed E-state index contributed by atoms with van der Waals surface area (Å²) in [4.78, 5) is 21.1. The van der Waals surface area contributed by atoms with Gasteiger partial charge in [0.05, 0.1) is 19.3 Å². The van der Waals surface area contributed by atoms with Crippen molar-refractivity contribution in [2.75, 3.05) is 48.6 Å². The van der Waals surface area contributed by atoms with Crippen LogP contribution in [0.4, 0.5) is 15.9 Å². The van der Waals surface area contributed by atoms with Gasteiger partial charge in [0.25, 0.3) is 0 Å². The number of nitrogens with zero attached hydrogens (tertiary/aromatic N) is 3. The molecule has 0 saturated carbocycles. The number of hydrogen-bond acceptors (Lipinski definition) is 5. The second-order valence-electron chi connectivity index (χ2n) is 7.26. The first kappa shape index (κ1) is 19.9. The predicted molar refractivity (Wildman–Crippen MR) is 110 cm³/mol. The average Bonchev–Trinajstić information content (AvgIpc) is 2.75. The first-order valence-corrected chi connectivity index (χ1v) is 10.2. The summed E-state index contributed by atoms with van der Waals surface area (Å²) in [6, 6.07) is 8.24. The highest BCUT2D eigenvalue weighted by Gasteiger charge is 2.32. The molecule has 1 aromatic heterocycles. The zero-order valence-electron chi connectivity index (χ0n) is 16.2. The molecule has 1 atom stereocenters. The number of ether oxygens (including phenoxy) is 2. The first-order valence-electron chi connectivity index (χ1n) is 9.68. The largest absolute Gasteiger partial charge is 0.474 e. The molecule has 2 aliphatic rings. The van der Waals surface area contributed by atoms with E-state index >= 15 is 0 Å². The van der Waals surface area contributed by atoms with Crippen LogP contribution in [0.25, 0.3) is 0 Å². The molecule has 6 nitrogen and oxygen atoms in total. The number of morpholine rings is 1. The van der Waals surface area contributed by atoms with Gasteiger partial charge < -0.3 is 19.3 Å². The van der Waals surface area contributed by atoms with Gasteiger partial charge in [0.2, 0.25) is 11.8 Å². The molecular weight excluding hydrogens is 397 g/mol. The monoisotopic (exact) mass is 419 g/mol. The van der Waals surface area contributed by atoms with Gasteiger partial charge in [-0.1, -0.05) is 12.1 Å².